The van der Waals surface area contributed by atoms with E-state index in [9.17, 15) is 9.59 Å². The monoisotopic (exact) mass is 356 g/mol. The van der Waals surface area contributed by atoms with E-state index in [1.165, 1.54) is 0 Å². The number of aromatic nitrogens is 2. The molecule has 1 aromatic heterocycles. The Balaban J connectivity index is 1.75. The average molecular weight is 356 g/mol. The van der Waals surface area contributed by atoms with Gasteiger partial charge in [-0.15, -0.1) is 0 Å². The molecule has 0 spiro atoms. The van der Waals surface area contributed by atoms with Gasteiger partial charge in [-0.1, -0.05) is 12.1 Å². The van der Waals surface area contributed by atoms with Crippen LogP contribution in [0.1, 0.15) is 30.3 Å². The van der Waals surface area contributed by atoms with E-state index in [2.05, 4.69) is 10.3 Å². The average Bonchev–Trinajstić information content (AvgIpc) is 3.07. The second-order valence-corrected chi connectivity index (χ2v) is 6.56. The second-order valence-electron chi connectivity index (χ2n) is 6.56. The molecule has 2 amide bonds. The Bertz CT molecular complexity index is 802. The van der Waals surface area contributed by atoms with E-state index in [0.717, 1.165) is 17.1 Å². The summed E-state index contributed by atoms with van der Waals surface area (Å²) in [6, 6.07) is 7.23. The van der Waals surface area contributed by atoms with E-state index >= 15 is 0 Å². The number of nitrogens with one attached hydrogen (secondary N) is 1. The van der Waals surface area contributed by atoms with Gasteiger partial charge in [0.1, 0.15) is 17.6 Å². The molecule has 2 atom stereocenters. The summed E-state index contributed by atoms with van der Waals surface area (Å²) in [7, 11) is 5.23. The highest BCUT2D eigenvalue weighted by Gasteiger charge is 2.40. The third-order valence-corrected chi connectivity index (χ3v) is 4.92. The van der Waals surface area contributed by atoms with Crippen LogP contribution in [-0.2, 0) is 23.2 Å². The quantitative estimate of drug-likeness (QED) is 0.884. The molecule has 2 heterocycles. The topological polar surface area (TPSA) is 76.5 Å². The van der Waals surface area contributed by atoms with Crippen LogP contribution in [0.15, 0.2) is 36.7 Å². The summed E-state index contributed by atoms with van der Waals surface area (Å²) in [6.45, 7) is 0.414. The summed E-state index contributed by atoms with van der Waals surface area (Å²) in [5.74, 6) is 1.12. The van der Waals surface area contributed by atoms with Gasteiger partial charge in [-0.2, -0.15) is 0 Å². The van der Waals surface area contributed by atoms with Gasteiger partial charge >= 0.3 is 0 Å². The number of likely N-dealkylation sites (tertiary alicyclic amines) is 1. The van der Waals surface area contributed by atoms with Crippen molar-refractivity contribution in [3.05, 3.63) is 48.0 Å². The minimum atomic E-state index is -0.360. The summed E-state index contributed by atoms with van der Waals surface area (Å²) < 4.78 is 7.08. The molecule has 7 heteroatoms. The summed E-state index contributed by atoms with van der Waals surface area (Å²) in [6.07, 6.45) is 4.40. The fourth-order valence-electron chi connectivity index (χ4n) is 3.43. The zero-order valence-corrected chi connectivity index (χ0v) is 15.3. The van der Waals surface area contributed by atoms with Crippen molar-refractivity contribution < 1.29 is 14.3 Å². The molecule has 0 unspecified atom stereocenters. The maximum absolute atomic E-state index is 12.9. The molecule has 0 bridgehead atoms. The Morgan fingerprint density at radius 3 is 2.88 bits per heavy atom. The smallest absolute Gasteiger partial charge is 0.225 e. The van der Waals surface area contributed by atoms with E-state index in [0.29, 0.717) is 19.4 Å². The summed E-state index contributed by atoms with van der Waals surface area (Å²) in [5, 5.41) is 3.00. The number of piperidine rings is 1. The Labute approximate surface area is 153 Å². The first-order valence-electron chi connectivity index (χ1n) is 8.64. The molecule has 1 N–H and O–H groups in total. The van der Waals surface area contributed by atoms with Gasteiger partial charge in [0.15, 0.2) is 0 Å². The largest absolute Gasteiger partial charge is 0.497 e. The number of benzene rings is 1. The molecule has 0 aliphatic carbocycles. The third kappa shape index (κ3) is 3.56. The first-order valence-corrected chi connectivity index (χ1v) is 8.64. The summed E-state index contributed by atoms with van der Waals surface area (Å²) in [5.41, 5.74) is 0.964. The molecule has 26 heavy (non-hydrogen) atoms. The standard InChI is InChI=1S/C19H24N4O3/c1-22-10-9-20-18(22)17-15(7-8-16(24)23(17)2)19(25)21-12-13-5-4-6-14(11-13)26-3/h4-6,9-11,15,17H,7-8,12H2,1-3H3,(H,21,25)/t15-,17-/m0/s1. The molecule has 0 radical (unpaired) electrons. The lowest BCUT2D eigenvalue weighted by Gasteiger charge is -2.37. The fourth-order valence-corrected chi connectivity index (χ4v) is 3.43. The highest BCUT2D eigenvalue weighted by Crippen LogP contribution is 2.34. The number of nitrogens with zero attached hydrogens (tertiary/aromatic N) is 3. The lowest BCUT2D eigenvalue weighted by molar-refractivity contribution is -0.142. The maximum atomic E-state index is 12.9. The molecule has 1 aliphatic heterocycles. The number of aryl methyl sites for hydroxylation is 1. The van der Waals surface area contributed by atoms with Gasteiger partial charge in [-0.3, -0.25) is 9.59 Å². The number of ether oxygens (including phenoxy) is 1. The highest BCUT2D eigenvalue weighted by atomic mass is 16.5. The van der Waals surface area contributed by atoms with Crippen molar-refractivity contribution in [3.63, 3.8) is 0 Å². The van der Waals surface area contributed by atoms with Crippen LogP contribution in [0.25, 0.3) is 0 Å². The van der Waals surface area contributed by atoms with Gasteiger partial charge < -0.3 is 19.5 Å². The number of rotatable bonds is 5. The maximum Gasteiger partial charge on any atom is 0.225 e. The number of imidazole rings is 1. The molecule has 2 aromatic rings. The number of hydrogen-bond donors (Lipinski definition) is 1. The van der Waals surface area contributed by atoms with Gasteiger partial charge in [0.2, 0.25) is 11.8 Å². The van der Waals surface area contributed by atoms with Crippen molar-refractivity contribution in [1.29, 1.82) is 0 Å². The zero-order chi connectivity index (χ0) is 18.7. The molecule has 1 saturated heterocycles. The molecule has 1 fully saturated rings. The lowest BCUT2D eigenvalue weighted by Crippen LogP contribution is -2.47. The molecular formula is C19H24N4O3. The van der Waals surface area contributed by atoms with Crippen molar-refractivity contribution >= 4 is 11.8 Å². The normalized spacial score (nSPS) is 20.1. The van der Waals surface area contributed by atoms with E-state index in [4.69, 9.17) is 4.74 Å². The van der Waals surface area contributed by atoms with Crippen molar-refractivity contribution in [2.75, 3.05) is 14.2 Å². The minimum Gasteiger partial charge on any atom is -0.497 e. The Hall–Kier alpha value is -2.83. The second kappa shape index (κ2) is 7.59. The molecule has 138 valence electrons. The lowest BCUT2D eigenvalue weighted by atomic mass is 9.87. The van der Waals surface area contributed by atoms with Crippen molar-refractivity contribution in [3.8, 4) is 5.75 Å². The Morgan fingerprint density at radius 2 is 2.19 bits per heavy atom. The van der Waals surface area contributed by atoms with Gasteiger partial charge in [0.05, 0.1) is 13.0 Å². The SMILES string of the molecule is COc1cccc(CNC(=O)[C@H]2CCC(=O)N(C)[C@@H]2c2nccn2C)c1. The predicted molar refractivity (Wildman–Crippen MR) is 96.3 cm³/mol. The molecule has 1 aromatic carbocycles. The number of hydrogen-bond acceptors (Lipinski definition) is 4. The van der Waals surface area contributed by atoms with Crippen LogP contribution in [0.4, 0.5) is 0 Å². The highest BCUT2D eigenvalue weighted by molar-refractivity contribution is 5.84. The van der Waals surface area contributed by atoms with Crippen LogP contribution in [0, 0.1) is 5.92 Å². The molecule has 1 aliphatic rings. The molecular weight excluding hydrogens is 332 g/mol. The van der Waals surface area contributed by atoms with Crippen LogP contribution in [0.2, 0.25) is 0 Å². The summed E-state index contributed by atoms with van der Waals surface area (Å²) in [4.78, 5) is 31.1. The first-order chi connectivity index (χ1) is 12.5. The molecule has 0 saturated carbocycles. The van der Waals surface area contributed by atoms with Crippen LogP contribution in [-0.4, -0.2) is 40.4 Å². The van der Waals surface area contributed by atoms with E-state index in [1.807, 2.05) is 42.1 Å². The number of carbonyl (C=O) groups excluding carboxylic acids is 2. The van der Waals surface area contributed by atoms with Crippen LogP contribution < -0.4 is 10.1 Å². The van der Waals surface area contributed by atoms with Crippen LogP contribution in [0.3, 0.4) is 0 Å². The van der Waals surface area contributed by atoms with Crippen LogP contribution >= 0.6 is 0 Å². The minimum absolute atomic E-state index is 0.0369. The van der Waals surface area contributed by atoms with Gasteiger partial charge in [-0.25, -0.2) is 4.98 Å². The van der Waals surface area contributed by atoms with Crippen molar-refractivity contribution in [2.45, 2.75) is 25.4 Å². The predicted octanol–water partition coefficient (Wildman–Crippen LogP) is 1.65. The Morgan fingerprint density at radius 1 is 1.38 bits per heavy atom. The zero-order valence-electron chi connectivity index (χ0n) is 15.3. The molecule has 7 nitrogen and oxygen atoms in total. The number of carbonyl (C=O) groups is 2. The van der Waals surface area contributed by atoms with Gasteiger partial charge in [0.25, 0.3) is 0 Å². The van der Waals surface area contributed by atoms with E-state index in [1.54, 1.807) is 25.3 Å². The fraction of sp³-hybridized carbons (Fsp3) is 0.421. The molecule has 3 rings (SSSR count). The van der Waals surface area contributed by atoms with E-state index in [-0.39, 0.29) is 23.8 Å². The Kier molecular flexibility index (Phi) is 5.25. The first kappa shape index (κ1) is 18.0. The van der Waals surface area contributed by atoms with Gasteiger partial charge in [-0.05, 0) is 24.1 Å². The number of methoxy groups -OCH3 is 1. The van der Waals surface area contributed by atoms with Gasteiger partial charge in [0, 0.05) is 39.5 Å². The number of amides is 2. The van der Waals surface area contributed by atoms with Crippen LogP contribution in [0.5, 0.6) is 5.75 Å². The third-order valence-electron chi connectivity index (χ3n) is 4.92. The van der Waals surface area contributed by atoms with Crippen molar-refractivity contribution in [2.24, 2.45) is 13.0 Å². The summed E-state index contributed by atoms with van der Waals surface area (Å²) >= 11 is 0. The van der Waals surface area contributed by atoms with E-state index < -0.39 is 0 Å². The van der Waals surface area contributed by atoms with Crippen molar-refractivity contribution in [1.82, 2.24) is 19.8 Å².